The first-order chi connectivity index (χ1) is 16.9. The first kappa shape index (κ1) is 26.0. The molecule has 0 aliphatic heterocycles. The van der Waals surface area contributed by atoms with Crippen LogP contribution in [0.3, 0.4) is 0 Å². The maximum Gasteiger partial charge on any atom is 0.356 e. The lowest BCUT2D eigenvalue weighted by Crippen LogP contribution is -2.21. The van der Waals surface area contributed by atoms with Gasteiger partial charge in [0.2, 0.25) is 5.91 Å². The lowest BCUT2D eigenvalue weighted by Gasteiger charge is -2.14. The van der Waals surface area contributed by atoms with Gasteiger partial charge in [-0.1, -0.05) is 12.1 Å². The van der Waals surface area contributed by atoms with Crippen LogP contribution in [-0.2, 0) is 32.0 Å². The molecule has 2 N–H and O–H groups in total. The number of hydrogen-bond acceptors (Lipinski definition) is 8. The Kier molecular flexibility index (Phi) is 9.04. The van der Waals surface area contributed by atoms with Crippen molar-refractivity contribution in [2.45, 2.75) is 25.9 Å². The normalized spacial score (nSPS) is 11.8. The van der Waals surface area contributed by atoms with Crippen LogP contribution in [0.15, 0.2) is 36.5 Å². The SMILES string of the molecule is COCC(=O)Nc1c(C(=O)OC)n(CCc2ccc(OC)cc2)c2ncc(NC(C)COC)cc12. The third kappa shape index (κ3) is 6.28. The van der Waals surface area contributed by atoms with E-state index in [1.807, 2.05) is 37.3 Å². The Morgan fingerprint density at radius 2 is 1.83 bits per heavy atom. The van der Waals surface area contributed by atoms with Crippen LogP contribution in [-0.4, -0.2) is 69.1 Å². The molecule has 2 heterocycles. The number of rotatable bonds is 12. The number of amides is 1. The fourth-order valence-electron chi connectivity index (χ4n) is 3.87. The third-order valence-corrected chi connectivity index (χ3v) is 5.43. The molecule has 0 spiro atoms. The predicted octanol–water partition coefficient (Wildman–Crippen LogP) is 3.11. The number of aryl methyl sites for hydroxylation is 2. The highest BCUT2D eigenvalue weighted by atomic mass is 16.5. The highest BCUT2D eigenvalue weighted by Gasteiger charge is 2.26. The fourth-order valence-corrected chi connectivity index (χ4v) is 3.87. The van der Waals surface area contributed by atoms with Crippen LogP contribution >= 0.6 is 0 Å². The van der Waals surface area contributed by atoms with Gasteiger partial charge in [-0.25, -0.2) is 9.78 Å². The number of esters is 1. The minimum Gasteiger partial charge on any atom is -0.497 e. The van der Waals surface area contributed by atoms with E-state index in [0.717, 1.165) is 17.0 Å². The van der Waals surface area contributed by atoms with Crippen LogP contribution in [0.2, 0.25) is 0 Å². The van der Waals surface area contributed by atoms with E-state index < -0.39 is 11.9 Å². The van der Waals surface area contributed by atoms with Gasteiger partial charge < -0.3 is 34.1 Å². The van der Waals surface area contributed by atoms with E-state index >= 15 is 0 Å². The van der Waals surface area contributed by atoms with E-state index in [0.29, 0.717) is 36.3 Å². The van der Waals surface area contributed by atoms with Crippen LogP contribution in [0.4, 0.5) is 11.4 Å². The minimum absolute atomic E-state index is 0.0306. The molecule has 1 unspecified atom stereocenters. The Hall–Kier alpha value is -3.63. The second-order valence-corrected chi connectivity index (χ2v) is 8.04. The molecule has 0 fully saturated rings. The van der Waals surface area contributed by atoms with Crippen molar-refractivity contribution in [3.05, 3.63) is 47.8 Å². The number of pyridine rings is 1. The van der Waals surface area contributed by atoms with Crippen molar-refractivity contribution in [1.82, 2.24) is 9.55 Å². The molecular weight excluding hydrogens is 452 g/mol. The number of anilines is 2. The Balaban J connectivity index is 2.07. The lowest BCUT2D eigenvalue weighted by atomic mass is 10.1. The van der Waals surface area contributed by atoms with Crippen molar-refractivity contribution in [2.24, 2.45) is 0 Å². The van der Waals surface area contributed by atoms with Crippen LogP contribution in [0.5, 0.6) is 5.75 Å². The summed E-state index contributed by atoms with van der Waals surface area (Å²) in [5.41, 5.74) is 2.89. The number of ether oxygens (including phenoxy) is 4. The van der Waals surface area contributed by atoms with Gasteiger partial charge in [-0.2, -0.15) is 0 Å². The van der Waals surface area contributed by atoms with Crippen molar-refractivity contribution < 1.29 is 28.5 Å². The van der Waals surface area contributed by atoms with Crippen molar-refractivity contribution in [3.8, 4) is 5.75 Å². The van der Waals surface area contributed by atoms with Gasteiger partial charge >= 0.3 is 5.97 Å². The number of hydrogen-bond donors (Lipinski definition) is 2. The molecule has 2 aromatic heterocycles. The van der Waals surface area contributed by atoms with Gasteiger partial charge in [-0.15, -0.1) is 0 Å². The number of carbonyl (C=O) groups is 2. The van der Waals surface area contributed by atoms with Crippen molar-refractivity contribution in [2.75, 3.05) is 52.3 Å². The highest BCUT2D eigenvalue weighted by Crippen LogP contribution is 2.33. The average molecular weight is 485 g/mol. The number of aromatic nitrogens is 2. The molecule has 35 heavy (non-hydrogen) atoms. The van der Waals surface area contributed by atoms with Crippen LogP contribution in [0.1, 0.15) is 23.0 Å². The second-order valence-electron chi connectivity index (χ2n) is 8.04. The quantitative estimate of drug-likeness (QED) is 0.377. The lowest BCUT2D eigenvalue weighted by molar-refractivity contribution is -0.119. The van der Waals surface area contributed by atoms with Gasteiger partial charge in [0.25, 0.3) is 0 Å². The van der Waals surface area contributed by atoms with E-state index in [4.69, 9.17) is 18.9 Å². The Morgan fingerprint density at radius 1 is 1.09 bits per heavy atom. The molecule has 0 saturated heterocycles. The van der Waals surface area contributed by atoms with Crippen LogP contribution < -0.4 is 15.4 Å². The number of benzene rings is 1. The fraction of sp³-hybridized carbons (Fsp3) is 0.400. The van der Waals surface area contributed by atoms with Crippen molar-refractivity contribution >= 4 is 34.3 Å². The zero-order chi connectivity index (χ0) is 25.4. The molecule has 1 atom stereocenters. The number of nitrogens with one attached hydrogen (secondary N) is 2. The van der Waals surface area contributed by atoms with Gasteiger partial charge in [-0.05, 0) is 37.1 Å². The summed E-state index contributed by atoms with van der Waals surface area (Å²) in [6, 6.07) is 9.60. The Morgan fingerprint density at radius 3 is 2.46 bits per heavy atom. The number of carbonyl (C=O) groups excluding carboxylic acids is 2. The first-order valence-electron chi connectivity index (χ1n) is 11.2. The molecule has 3 rings (SSSR count). The molecule has 0 aliphatic carbocycles. The van der Waals surface area contributed by atoms with Gasteiger partial charge in [0.15, 0.2) is 5.69 Å². The Bertz CT molecular complexity index is 1160. The van der Waals surface area contributed by atoms with Crippen LogP contribution in [0.25, 0.3) is 11.0 Å². The molecule has 0 radical (unpaired) electrons. The molecule has 3 aromatic rings. The van der Waals surface area contributed by atoms with E-state index in [9.17, 15) is 9.59 Å². The van der Waals surface area contributed by atoms with Gasteiger partial charge in [0.05, 0.1) is 38.4 Å². The van der Waals surface area contributed by atoms with Gasteiger partial charge in [-0.3, -0.25) is 4.79 Å². The maximum absolute atomic E-state index is 12.9. The van der Waals surface area contributed by atoms with Gasteiger partial charge in [0.1, 0.15) is 18.0 Å². The molecule has 1 aromatic carbocycles. The summed E-state index contributed by atoms with van der Waals surface area (Å²) >= 11 is 0. The second kappa shape index (κ2) is 12.2. The molecule has 0 saturated carbocycles. The predicted molar refractivity (Wildman–Crippen MR) is 133 cm³/mol. The van der Waals surface area contributed by atoms with Crippen molar-refractivity contribution in [3.63, 3.8) is 0 Å². The largest absolute Gasteiger partial charge is 0.497 e. The molecule has 188 valence electrons. The van der Waals surface area contributed by atoms with Crippen LogP contribution in [0, 0.1) is 0 Å². The minimum atomic E-state index is -0.576. The molecule has 0 bridgehead atoms. The number of fused-ring (bicyclic) bond motifs is 1. The summed E-state index contributed by atoms with van der Waals surface area (Å²) in [6.45, 7) is 2.77. The molecule has 1 amide bonds. The third-order valence-electron chi connectivity index (χ3n) is 5.43. The zero-order valence-electron chi connectivity index (χ0n) is 20.7. The molecule has 10 heteroatoms. The van der Waals surface area contributed by atoms with E-state index in [-0.39, 0.29) is 18.3 Å². The monoisotopic (exact) mass is 484 g/mol. The van der Waals surface area contributed by atoms with Gasteiger partial charge in [0, 0.05) is 32.2 Å². The Labute approximate surface area is 204 Å². The zero-order valence-corrected chi connectivity index (χ0v) is 20.7. The number of nitrogens with zero attached hydrogens (tertiary/aromatic N) is 2. The van der Waals surface area contributed by atoms with Crippen molar-refractivity contribution in [1.29, 1.82) is 0 Å². The smallest absolute Gasteiger partial charge is 0.356 e. The maximum atomic E-state index is 12.9. The summed E-state index contributed by atoms with van der Waals surface area (Å²) in [5, 5.41) is 6.74. The molecule has 0 aliphatic rings. The topological polar surface area (TPSA) is 113 Å². The summed E-state index contributed by atoms with van der Waals surface area (Å²) in [4.78, 5) is 30.0. The first-order valence-corrected chi connectivity index (χ1v) is 11.2. The molecular formula is C25H32N4O6. The summed E-state index contributed by atoms with van der Waals surface area (Å²) in [6.07, 6.45) is 2.32. The average Bonchev–Trinajstić information content (AvgIpc) is 3.15. The standard InChI is InChI=1S/C25H32N4O6/c1-16(14-32-2)27-18-12-20-22(28-21(30)15-33-3)23(25(31)35-5)29(24(20)26-13-18)11-10-17-6-8-19(34-4)9-7-17/h6-9,12-13,16,27H,10-11,14-15H2,1-5H3,(H,28,30). The summed E-state index contributed by atoms with van der Waals surface area (Å²) < 4.78 is 22.2. The number of methoxy groups -OCH3 is 4. The van der Waals surface area contributed by atoms with E-state index in [1.165, 1.54) is 14.2 Å². The van der Waals surface area contributed by atoms with E-state index in [2.05, 4.69) is 15.6 Å². The van der Waals surface area contributed by atoms with E-state index in [1.54, 1.807) is 25.0 Å². The highest BCUT2D eigenvalue weighted by molar-refractivity contribution is 6.11. The summed E-state index contributed by atoms with van der Waals surface area (Å²) in [5.74, 6) is -0.200. The molecule has 10 nitrogen and oxygen atoms in total. The summed E-state index contributed by atoms with van der Waals surface area (Å²) in [7, 11) is 5.99.